The van der Waals surface area contributed by atoms with Crippen LogP contribution in [0, 0.1) is 25.5 Å². The second-order valence-electron chi connectivity index (χ2n) is 8.83. The number of rotatable bonds is 11. The number of halogens is 2. The molecule has 0 saturated heterocycles. The maximum absolute atomic E-state index is 14.1. The van der Waals surface area contributed by atoms with E-state index in [9.17, 15) is 13.6 Å². The zero-order valence-corrected chi connectivity index (χ0v) is 20.7. The van der Waals surface area contributed by atoms with Crippen molar-refractivity contribution in [2.24, 2.45) is 5.73 Å². The summed E-state index contributed by atoms with van der Waals surface area (Å²) in [6.45, 7) is 3.35. The molecule has 2 heterocycles. The average molecular weight is 510 g/mol. The molecule has 9 heteroatoms. The van der Waals surface area contributed by atoms with Crippen molar-refractivity contribution in [2.75, 3.05) is 13.2 Å². The second kappa shape index (κ2) is 11.5. The molecular formula is C28H29F2N3O4. The van der Waals surface area contributed by atoms with Crippen LogP contribution in [0.2, 0.25) is 0 Å². The highest BCUT2D eigenvalue weighted by atomic mass is 19.1. The van der Waals surface area contributed by atoms with Gasteiger partial charge in [0.2, 0.25) is 5.88 Å². The van der Waals surface area contributed by atoms with E-state index in [0.717, 1.165) is 11.1 Å². The molecule has 0 bridgehead atoms. The molecule has 1 atom stereocenters. The number of carbonyl (C=O) groups excluding carboxylic acids is 1. The minimum atomic E-state index is -0.696. The highest BCUT2D eigenvalue weighted by molar-refractivity contribution is 6.03. The monoisotopic (exact) mass is 509 g/mol. The van der Waals surface area contributed by atoms with Crippen molar-refractivity contribution in [1.82, 2.24) is 9.61 Å². The van der Waals surface area contributed by atoms with Crippen molar-refractivity contribution < 1.29 is 28.2 Å². The van der Waals surface area contributed by atoms with Gasteiger partial charge in [-0.05, 0) is 61.7 Å². The number of fused-ring (bicyclic) bond motifs is 1. The van der Waals surface area contributed by atoms with Crippen LogP contribution in [0.3, 0.4) is 0 Å². The summed E-state index contributed by atoms with van der Waals surface area (Å²) in [5.74, 6) is -0.634. The summed E-state index contributed by atoms with van der Waals surface area (Å²) in [7, 11) is 0. The summed E-state index contributed by atoms with van der Waals surface area (Å²) >= 11 is 0. The molecule has 1 unspecified atom stereocenters. The predicted octanol–water partition coefficient (Wildman–Crippen LogP) is 4.84. The molecule has 0 fully saturated rings. The van der Waals surface area contributed by atoms with E-state index in [2.05, 4.69) is 5.10 Å². The number of Topliss-reactive ketones (excluding diaryl/α,β-unsaturated/α-hetero) is 1. The Balaban J connectivity index is 1.52. The van der Waals surface area contributed by atoms with Crippen LogP contribution in [0.1, 0.15) is 51.6 Å². The number of aliphatic hydroxyl groups excluding tert-OH is 1. The van der Waals surface area contributed by atoms with Crippen LogP contribution in [0.5, 0.6) is 11.6 Å². The highest BCUT2D eigenvalue weighted by Crippen LogP contribution is 2.27. The van der Waals surface area contributed by atoms with Gasteiger partial charge in [-0.3, -0.25) is 4.79 Å². The summed E-state index contributed by atoms with van der Waals surface area (Å²) < 4.78 is 40.8. The van der Waals surface area contributed by atoms with Gasteiger partial charge in [-0.1, -0.05) is 18.2 Å². The van der Waals surface area contributed by atoms with Gasteiger partial charge in [0.05, 0.1) is 28.9 Å². The van der Waals surface area contributed by atoms with E-state index in [1.54, 1.807) is 25.1 Å². The number of benzene rings is 2. The van der Waals surface area contributed by atoms with Gasteiger partial charge in [-0.2, -0.15) is 5.10 Å². The minimum Gasteiger partial charge on any atom is -0.491 e. The van der Waals surface area contributed by atoms with Crippen LogP contribution >= 0.6 is 0 Å². The standard InChI is InChI=1S/C28H29F2N3O4/c1-17-13-25-28(26(35)10-9-24(31)19-5-3-6-20(15-19)36-12-11-34)18(2)32-33(25)27(14-17)37-16-21-22(29)7-4-8-23(21)30/h3-8,13-15,24,34H,9-12,16,31H2,1-2H3. The maximum atomic E-state index is 14.1. The summed E-state index contributed by atoms with van der Waals surface area (Å²) in [4.78, 5) is 13.3. The van der Waals surface area contributed by atoms with Gasteiger partial charge in [0, 0.05) is 18.5 Å². The fourth-order valence-electron chi connectivity index (χ4n) is 4.20. The highest BCUT2D eigenvalue weighted by Gasteiger charge is 2.21. The Labute approximate surface area is 213 Å². The smallest absolute Gasteiger partial charge is 0.215 e. The molecule has 0 aliphatic carbocycles. The third-order valence-electron chi connectivity index (χ3n) is 6.05. The largest absolute Gasteiger partial charge is 0.491 e. The Kier molecular flexibility index (Phi) is 8.15. The van der Waals surface area contributed by atoms with Crippen molar-refractivity contribution in [3.63, 3.8) is 0 Å². The SMILES string of the molecule is Cc1cc(OCc2c(F)cccc2F)n2nc(C)c(C(=O)CCC(N)c3cccc(OCCO)c3)c2c1. The van der Waals surface area contributed by atoms with E-state index >= 15 is 0 Å². The number of hydrogen-bond donors (Lipinski definition) is 2. The number of ketones is 1. The number of aromatic nitrogens is 2. The molecule has 0 aliphatic heterocycles. The first kappa shape index (κ1) is 26.2. The van der Waals surface area contributed by atoms with Crippen molar-refractivity contribution in [3.8, 4) is 11.6 Å². The van der Waals surface area contributed by atoms with Crippen LogP contribution in [0.4, 0.5) is 8.78 Å². The quantitative estimate of drug-likeness (QED) is 0.281. The molecule has 3 N–H and O–H groups in total. The Hall–Kier alpha value is -3.82. The molecule has 37 heavy (non-hydrogen) atoms. The number of pyridine rings is 1. The van der Waals surface area contributed by atoms with Gasteiger partial charge in [0.15, 0.2) is 5.78 Å². The third-order valence-corrected chi connectivity index (χ3v) is 6.05. The lowest BCUT2D eigenvalue weighted by molar-refractivity contribution is 0.0978. The van der Waals surface area contributed by atoms with E-state index in [1.165, 1.54) is 22.7 Å². The second-order valence-corrected chi connectivity index (χ2v) is 8.83. The predicted molar refractivity (Wildman–Crippen MR) is 135 cm³/mol. The van der Waals surface area contributed by atoms with Gasteiger partial charge in [0.1, 0.15) is 30.6 Å². The molecule has 0 aliphatic rings. The van der Waals surface area contributed by atoms with Crippen molar-refractivity contribution >= 4 is 11.3 Å². The Morgan fingerprint density at radius 3 is 2.54 bits per heavy atom. The van der Waals surface area contributed by atoms with Gasteiger partial charge in [-0.15, -0.1) is 0 Å². The molecular weight excluding hydrogens is 480 g/mol. The summed E-state index contributed by atoms with van der Waals surface area (Å²) in [5, 5.41) is 13.4. The molecule has 0 spiro atoms. The minimum absolute atomic E-state index is 0.0873. The molecule has 0 radical (unpaired) electrons. The average Bonchev–Trinajstić information content (AvgIpc) is 3.21. The van der Waals surface area contributed by atoms with E-state index in [1.807, 2.05) is 25.1 Å². The number of aryl methyl sites for hydroxylation is 2. The lowest BCUT2D eigenvalue weighted by Crippen LogP contribution is -2.13. The van der Waals surface area contributed by atoms with Crippen LogP contribution in [-0.2, 0) is 6.61 Å². The molecule has 0 saturated carbocycles. The van der Waals surface area contributed by atoms with Crippen molar-refractivity contribution in [2.45, 2.75) is 39.3 Å². The molecule has 4 aromatic rings. The normalized spacial score (nSPS) is 12.1. The lowest BCUT2D eigenvalue weighted by atomic mass is 9.98. The number of ether oxygens (including phenoxy) is 2. The molecule has 7 nitrogen and oxygen atoms in total. The first-order valence-corrected chi connectivity index (χ1v) is 12.0. The molecule has 2 aromatic heterocycles. The van der Waals surface area contributed by atoms with E-state index in [0.29, 0.717) is 28.9 Å². The zero-order valence-electron chi connectivity index (χ0n) is 20.7. The van der Waals surface area contributed by atoms with Crippen molar-refractivity contribution in [3.05, 3.63) is 94.2 Å². The molecule has 4 rings (SSSR count). The number of nitrogens with two attached hydrogens (primary N) is 1. The Morgan fingerprint density at radius 2 is 1.81 bits per heavy atom. The Morgan fingerprint density at radius 1 is 1.08 bits per heavy atom. The van der Waals surface area contributed by atoms with Gasteiger partial charge < -0.3 is 20.3 Å². The number of carbonyl (C=O) groups is 1. The summed E-state index contributed by atoms with van der Waals surface area (Å²) in [5.41, 5.74) is 9.33. The number of hydrogen-bond acceptors (Lipinski definition) is 6. The molecule has 2 aromatic carbocycles. The van der Waals surface area contributed by atoms with Gasteiger partial charge in [0.25, 0.3) is 0 Å². The maximum Gasteiger partial charge on any atom is 0.215 e. The van der Waals surface area contributed by atoms with Gasteiger partial charge in [-0.25, -0.2) is 13.3 Å². The van der Waals surface area contributed by atoms with Crippen molar-refractivity contribution in [1.29, 1.82) is 0 Å². The fraction of sp³-hybridized carbons (Fsp3) is 0.286. The van der Waals surface area contributed by atoms with E-state index < -0.39 is 11.6 Å². The fourth-order valence-corrected chi connectivity index (χ4v) is 4.20. The first-order valence-electron chi connectivity index (χ1n) is 12.0. The Bertz CT molecular complexity index is 1400. The third kappa shape index (κ3) is 5.95. The van der Waals surface area contributed by atoms with E-state index in [-0.39, 0.29) is 49.5 Å². The van der Waals surface area contributed by atoms with Crippen LogP contribution in [0.25, 0.3) is 5.52 Å². The molecule has 194 valence electrons. The van der Waals surface area contributed by atoms with Crippen LogP contribution in [-0.4, -0.2) is 33.7 Å². The number of aliphatic hydroxyl groups is 1. The number of nitrogens with zero attached hydrogens (tertiary/aromatic N) is 2. The van der Waals surface area contributed by atoms with Crippen LogP contribution < -0.4 is 15.2 Å². The summed E-state index contributed by atoms with van der Waals surface area (Å²) in [6, 6.07) is 14.0. The van der Waals surface area contributed by atoms with Crippen LogP contribution in [0.15, 0.2) is 54.6 Å². The molecule has 0 amide bonds. The topological polar surface area (TPSA) is 99.1 Å². The van der Waals surface area contributed by atoms with E-state index in [4.69, 9.17) is 20.3 Å². The lowest BCUT2D eigenvalue weighted by Gasteiger charge is -2.13. The van der Waals surface area contributed by atoms with Gasteiger partial charge >= 0.3 is 0 Å². The first-order chi connectivity index (χ1) is 17.8. The summed E-state index contributed by atoms with van der Waals surface area (Å²) in [6.07, 6.45) is 0.594. The zero-order chi connectivity index (χ0) is 26.5.